The third-order valence-corrected chi connectivity index (χ3v) is 3.82. The van der Waals surface area contributed by atoms with Crippen LogP contribution < -0.4 is 5.32 Å². The van der Waals surface area contributed by atoms with E-state index in [-0.39, 0.29) is 0 Å². The second kappa shape index (κ2) is 7.88. The first-order valence-electron chi connectivity index (χ1n) is 7.09. The Morgan fingerprint density at radius 3 is 2.47 bits per heavy atom. The maximum Gasteiger partial charge on any atom is 0.0755 e. The molecule has 2 unspecified atom stereocenters. The second-order valence-electron chi connectivity index (χ2n) is 5.42. The molecule has 0 radical (unpaired) electrons. The Kier molecular flexibility index (Phi) is 6.83. The van der Waals surface area contributed by atoms with E-state index < -0.39 is 0 Å². The van der Waals surface area contributed by atoms with E-state index in [1.54, 1.807) is 0 Å². The van der Waals surface area contributed by atoms with Gasteiger partial charge in [-0.05, 0) is 38.6 Å². The van der Waals surface area contributed by atoms with E-state index in [1.165, 1.54) is 37.7 Å². The third-order valence-electron chi connectivity index (χ3n) is 3.82. The van der Waals surface area contributed by atoms with Gasteiger partial charge in [-0.1, -0.05) is 31.8 Å². The summed E-state index contributed by atoms with van der Waals surface area (Å²) in [5.74, 6) is 0.733. The molecule has 0 aromatic rings. The lowest BCUT2D eigenvalue weighted by atomic mass is 9.81. The standard InChI is InChI=1S/C15H29NO/c1-5-16-14(11-12(2)3)15(17-4)13-9-7-6-8-10-13/h13-16H,2,5-11H2,1,3-4H3. The van der Waals surface area contributed by atoms with Crippen LogP contribution in [0, 0.1) is 5.92 Å². The topological polar surface area (TPSA) is 21.3 Å². The highest BCUT2D eigenvalue weighted by molar-refractivity contribution is 4.97. The van der Waals surface area contributed by atoms with Crippen LogP contribution in [0.3, 0.4) is 0 Å². The summed E-state index contributed by atoms with van der Waals surface area (Å²) < 4.78 is 5.80. The van der Waals surface area contributed by atoms with Crippen LogP contribution >= 0.6 is 0 Å². The van der Waals surface area contributed by atoms with Crippen molar-refractivity contribution in [2.45, 2.75) is 64.5 Å². The van der Waals surface area contributed by atoms with Gasteiger partial charge in [-0.15, -0.1) is 6.58 Å². The minimum Gasteiger partial charge on any atom is -0.380 e. The predicted octanol–water partition coefficient (Wildman–Crippen LogP) is 3.53. The Morgan fingerprint density at radius 2 is 2.00 bits per heavy atom. The van der Waals surface area contributed by atoms with Gasteiger partial charge in [0.2, 0.25) is 0 Å². The molecule has 1 N–H and O–H groups in total. The number of ether oxygens (including phenoxy) is 1. The largest absolute Gasteiger partial charge is 0.380 e. The SMILES string of the molecule is C=C(C)CC(NCC)C(OC)C1CCCCC1. The monoisotopic (exact) mass is 239 g/mol. The highest BCUT2D eigenvalue weighted by Crippen LogP contribution is 2.30. The van der Waals surface area contributed by atoms with Crippen LogP contribution in [0.5, 0.6) is 0 Å². The van der Waals surface area contributed by atoms with Crippen LogP contribution in [0.1, 0.15) is 52.4 Å². The maximum absolute atomic E-state index is 5.80. The fourth-order valence-electron chi connectivity index (χ4n) is 3.09. The molecule has 2 heteroatoms. The Bertz CT molecular complexity index is 221. The molecule has 0 heterocycles. The van der Waals surface area contributed by atoms with Gasteiger partial charge >= 0.3 is 0 Å². The van der Waals surface area contributed by atoms with Crippen molar-refractivity contribution in [1.82, 2.24) is 5.32 Å². The van der Waals surface area contributed by atoms with E-state index in [1.807, 2.05) is 7.11 Å². The van der Waals surface area contributed by atoms with Crippen molar-refractivity contribution < 1.29 is 4.74 Å². The molecular formula is C15H29NO. The fraction of sp³-hybridized carbons (Fsp3) is 0.867. The molecule has 0 aromatic heterocycles. The minimum atomic E-state index is 0.354. The third kappa shape index (κ3) is 4.81. The van der Waals surface area contributed by atoms with E-state index in [0.29, 0.717) is 12.1 Å². The molecule has 17 heavy (non-hydrogen) atoms. The zero-order valence-corrected chi connectivity index (χ0v) is 11.8. The summed E-state index contributed by atoms with van der Waals surface area (Å²) >= 11 is 0. The summed E-state index contributed by atoms with van der Waals surface area (Å²) in [5.41, 5.74) is 1.24. The van der Waals surface area contributed by atoms with Gasteiger partial charge in [-0.3, -0.25) is 0 Å². The molecule has 1 saturated carbocycles. The molecule has 100 valence electrons. The average Bonchev–Trinajstić information content (AvgIpc) is 2.31. The number of nitrogens with one attached hydrogen (secondary N) is 1. The zero-order chi connectivity index (χ0) is 12.7. The van der Waals surface area contributed by atoms with Gasteiger partial charge in [0.05, 0.1) is 6.10 Å². The molecule has 2 atom stereocenters. The van der Waals surface area contributed by atoms with Crippen LogP contribution in [0.2, 0.25) is 0 Å². The summed E-state index contributed by atoms with van der Waals surface area (Å²) in [6.07, 6.45) is 8.19. The average molecular weight is 239 g/mol. The van der Waals surface area contributed by atoms with E-state index in [4.69, 9.17) is 4.74 Å². The van der Waals surface area contributed by atoms with Gasteiger partial charge < -0.3 is 10.1 Å². The second-order valence-corrected chi connectivity index (χ2v) is 5.42. The Balaban J connectivity index is 2.61. The van der Waals surface area contributed by atoms with Crippen molar-refractivity contribution in [1.29, 1.82) is 0 Å². The Labute approximate surface area is 107 Å². The highest BCUT2D eigenvalue weighted by Gasteiger charge is 2.29. The molecule has 1 aliphatic rings. The minimum absolute atomic E-state index is 0.354. The highest BCUT2D eigenvalue weighted by atomic mass is 16.5. The quantitative estimate of drug-likeness (QED) is 0.686. The molecule has 0 bridgehead atoms. The fourth-order valence-corrected chi connectivity index (χ4v) is 3.09. The summed E-state index contributed by atoms with van der Waals surface area (Å²) in [4.78, 5) is 0. The van der Waals surface area contributed by atoms with Crippen molar-refractivity contribution in [3.05, 3.63) is 12.2 Å². The van der Waals surface area contributed by atoms with Crippen molar-refractivity contribution >= 4 is 0 Å². The molecule has 0 aliphatic heterocycles. The lowest BCUT2D eigenvalue weighted by molar-refractivity contribution is 0.00873. The first-order chi connectivity index (χ1) is 8.19. The number of methoxy groups -OCH3 is 1. The van der Waals surface area contributed by atoms with Crippen LogP contribution in [-0.2, 0) is 4.74 Å². The van der Waals surface area contributed by atoms with E-state index in [0.717, 1.165) is 18.9 Å². The van der Waals surface area contributed by atoms with E-state index in [2.05, 4.69) is 25.7 Å². The van der Waals surface area contributed by atoms with Gasteiger partial charge in [0.1, 0.15) is 0 Å². The molecule has 1 fully saturated rings. The number of hydrogen-bond acceptors (Lipinski definition) is 2. The van der Waals surface area contributed by atoms with Crippen LogP contribution in [0.15, 0.2) is 12.2 Å². The Hall–Kier alpha value is -0.340. The lowest BCUT2D eigenvalue weighted by Gasteiger charge is -2.35. The predicted molar refractivity (Wildman–Crippen MR) is 74.3 cm³/mol. The molecule has 1 rings (SSSR count). The molecule has 0 saturated heterocycles. The molecule has 0 spiro atoms. The van der Waals surface area contributed by atoms with Crippen molar-refractivity contribution in [2.24, 2.45) is 5.92 Å². The lowest BCUT2D eigenvalue weighted by Crippen LogP contribution is -2.45. The molecule has 0 aromatic carbocycles. The normalized spacial score (nSPS) is 21.1. The van der Waals surface area contributed by atoms with Crippen LogP contribution in [0.25, 0.3) is 0 Å². The van der Waals surface area contributed by atoms with Crippen molar-refractivity contribution in [2.75, 3.05) is 13.7 Å². The van der Waals surface area contributed by atoms with Gasteiger partial charge in [-0.25, -0.2) is 0 Å². The van der Waals surface area contributed by atoms with Crippen LogP contribution in [0.4, 0.5) is 0 Å². The van der Waals surface area contributed by atoms with Gasteiger partial charge in [0.15, 0.2) is 0 Å². The van der Waals surface area contributed by atoms with Gasteiger partial charge in [0, 0.05) is 13.2 Å². The molecule has 2 nitrogen and oxygen atoms in total. The first kappa shape index (κ1) is 14.7. The first-order valence-corrected chi connectivity index (χ1v) is 7.09. The maximum atomic E-state index is 5.80. The molecular weight excluding hydrogens is 210 g/mol. The summed E-state index contributed by atoms with van der Waals surface area (Å²) in [7, 11) is 1.86. The zero-order valence-electron chi connectivity index (χ0n) is 11.8. The summed E-state index contributed by atoms with van der Waals surface area (Å²) in [6, 6.07) is 0.436. The summed E-state index contributed by atoms with van der Waals surface area (Å²) in [6.45, 7) is 9.32. The summed E-state index contributed by atoms with van der Waals surface area (Å²) in [5, 5.41) is 3.58. The van der Waals surface area contributed by atoms with Crippen molar-refractivity contribution in [3.8, 4) is 0 Å². The smallest absolute Gasteiger partial charge is 0.0755 e. The number of hydrogen-bond donors (Lipinski definition) is 1. The van der Waals surface area contributed by atoms with Gasteiger partial charge in [-0.2, -0.15) is 0 Å². The van der Waals surface area contributed by atoms with Crippen molar-refractivity contribution in [3.63, 3.8) is 0 Å². The van der Waals surface area contributed by atoms with Crippen LogP contribution in [-0.4, -0.2) is 25.8 Å². The Morgan fingerprint density at radius 1 is 1.35 bits per heavy atom. The molecule has 0 amide bonds. The molecule has 1 aliphatic carbocycles. The number of likely N-dealkylation sites (N-methyl/N-ethyl adjacent to an activating group) is 1. The van der Waals surface area contributed by atoms with E-state index >= 15 is 0 Å². The number of rotatable bonds is 7. The van der Waals surface area contributed by atoms with E-state index in [9.17, 15) is 0 Å². The van der Waals surface area contributed by atoms with Gasteiger partial charge in [0.25, 0.3) is 0 Å².